The zero-order valence-corrected chi connectivity index (χ0v) is 16.7. The fourth-order valence-corrected chi connectivity index (χ4v) is 4.04. The largest absolute Gasteiger partial charge is 0.487 e. The molecule has 5 rings (SSSR count). The van der Waals surface area contributed by atoms with Gasteiger partial charge < -0.3 is 9.64 Å². The SMILES string of the molecule is Cc1ccc2c(c1)COc1cc(C)ccc1N2c1ccccc1-c1ccccc1. The van der Waals surface area contributed by atoms with E-state index in [1.807, 2.05) is 0 Å². The first-order valence-corrected chi connectivity index (χ1v) is 9.98. The summed E-state index contributed by atoms with van der Waals surface area (Å²) in [5, 5.41) is 0. The highest BCUT2D eigenvalue weighted by atomic mass is 16.5. The molecule has 0 aliphatic carbocycles. The zero-order chi connectivity index (χ0) is 19.8. The Morgan fingerprint density at radius 1 is 0.655 bits per heavy atom. The molecule has 0 saturated carbocycles. The predicted molar refractivity (Wildman–Crippen MR) is 120 cm³/mol. The van der Waals surface area contributed by atoms with Crippen LogP contribution in [0, 0.1) is 13.8 Å². The summed E-state index contributed by atoms with van der Waals surface area (Å²) in [6.07, 6.45) is 0. The molecule has 0 radical (unpaired) electrons. The second-order valence-corrected chi connectivity index (χ2v) is 7.61. The van der Waals surface area contributed by atoms with Gasteiger partial charge in [-0.2, -0.15) is 0 Å². The Morgan fingerprint density at radius 2 is 1.34 bits per heavy atom. The minimum absolute atomic E-state index is 0.567. The van der Waals surface area contributed by atoms with E-state index in [4.69, 9.17) is 4.74 Å². The lowest BCUT2D eigenvalue weighted by Crippen LogP contribution is -2.12. The molecule has 142 valence electrons. The highest BCUT2D eigenvalue weighted by Crippen LogP contribution is 2.47. The Balaban J connectivity index is 1.80. The molecule has 1 aliphatic rings. The quantitative estimate of drug-likeness (QED) is 0.362. The van der Waals surface area contributed by atoms with Crippen molar-refractivity contribution in [2.45, 2.75) is 20.5 Å². The van der Waals surface area contributed by atoms with Crippen LogP contribution in [0.2, 0.25) is 0 Å². The summed E-state index contributed by atoms with van der Waals surface area (Å²) in [5.41, 5.74) is 9.43. The van der Waals surface area contributed by atoms with Gasteiger partial charge in [-0.25, -0.2) is 0 Å². The highest BCUT2D eigenvalue weighted by molar-refractivity contribution is 5.90. The maximum absolute atomic E-state index is 6.27. The van der Waals surface area contributed by atoms with Gasteiger partial charge in [0.2, 0.25) is 0 Å². The van der Waals surface area contributed by atoms with Crippen LogP contribution in [0.3, 0.4) is 0 Å². The smallest absolute Gasteiger partial charge is 0.144 e. The van der Waals surface area contributed by atoms with Crippen molar-refractivity contribution in [1.82, 2.24) is 0 Å². The van der Waals surface area contributed by atoms with Crippen LogP contribution in [-0.2, 0) is 6.61 Å². The molecule has 1 aliphatic heterocycles. The molecule has 0 unspecified atom stereocenters. The summed E-state index contributed by atoms with van der Waals surface area (Å²) in [6, 6.07) is 32.2. The molecule has 0 saturated heterocycles. The number of aryl methyl sites for hydroxylation is 2. The van der Waals surface area contributed by atoms with Crippen LogP contribution >= 0.6 is 0 Å². The van der Waals surface area contributed by atoms with E-state index in [9.17, 15) is 0 Å². The molecule has 0 bridgehead atoms. The lowest BCUT2D eigenvalue weighted by molar-refractivity contribution is 0.310. The topological polar surface area (TPSA) is 12.5 Å². The van der Waals surface area contributed by atoms with Gasteiger partial charge in [-0.05, 0) is 49.2 Å². The van der Waals surface area contributed by atoms with Crippen LogP contribution in [0.15, 0.2) is 91.0 Å². The summed E-state index contributed by atoms with van der Waals surface area (Å²) in [6.45, 7) is 4.80. The number of benzene rings is 4. The third-order valence-electron chi connectivity index (χ3n) is 5.45. The Labute approximate surface area is 172 Å². The van der Waals surface area contributed by atoms with Crippen molar-refractivity contribution in [2.75, 3.05) is 4.90 Å². The molecule has 2 heteroatoms. The lowest BCUT2D eigenvalue weighted by Gasteiger charge is -2.28. The first kappa shape index (κ1) is 17.6. The summed E-state index contributed by atoms with van der Waals surface area (Å²) in [7, 11) is 0. The van der Waals surface area contributed by atoms with E-state index in [0.29, 0.717) is 6.61 Å². The fourth-order valence-electron chi connectivity index (χ4n) is 4.04. The Kier molecular flexibility index (Phi) is 4.33. The van der Waals surface area contributed by atoms with E-state index in [1.54, 1.807) is 0 Å². The van der Waals surface area contributed by atoms with Gasteiger partial charge in [0.25, 0.3) is 0 Å². The highest BCUT2D eigenvalue weighted by Gasteiger charge is 2.25. The van der Waals surface area contributed by atoms with Gasteiger partial charge in [0, 0.05) is 11.1 Å². The minimum atomic E-state index is 0.567. The van der Waals surface area contributed by atoms with E-state index < -0.39 is 0 Å². The molecule has 0 N–H and O–H groups in total. The summed E-state index contributed by atoms with van der Waals surface area (Å²) >= 11 is 0. The Morgan fingerprint density at radius 3 is 2.17 bits per heavy atom. The van der Waals surface area contributed by atoms with E-state index >= 15 is 0 Å². The van der Waals surface area contributed by atoms with E-state index in [0.717, 1.165) is 17.1 Å². The minimum Gasteiger partial charge on any atom is -0.487 e. The Bertz CT molecular complexity index is 1130. The molecule has 0 atom stereocenters. The normalized spacial score (nSPS) is 12.6. The summed E-state index contributed by atoms with van der Waals surface area (Å²) in [5.74, 6) is 0.918. The number of anilines is 3. The van der Waals surface area contributed by atoms with Gasteiger partial charge in [-0.1, -0.05) is 72.3 Å². The molecule has 0 aromatic heterocycles. The summed E-state index contributed by atoms with van der Waals surface area (Å²) < 4.78 is 6.27. The maximum atomic E-state index is 6.27. The lowest BCUT2D eigenvalue weighted by atomic mass is 10.0. The molecular formula is C27H23NO. The predicted octanol–water partition coefficient (Wildman–Crippen LogP) is 7.33. The maximum Gasteiger partial charge on any atom is 0.144 e. The van der Waals surface area contributed by atoms with Crippen molar-refractivity contribution in [2.24, 2.45) is 0 Å². The average molecular weight is 377 g/mol. The van der Waals surface area contributed by atoms with Crippen LogP contribution in [0.1, 0.15) is 16.7 Å². The van der Waals surface area contributed by atoms with Crippen molar-refractivity contribution in [1.29, 1.82) is 0 Å². The third-order valence-corrected chi connectivity index (χ3v) is 5.45. The Hall–Kier alpha value is -3.52. The second-order valence-electron chi connectivity index (χ2n) is 7.61. The standard InChI is InChI=1S/C27H23NO/c1-19-12-14-24-22(16-19)18-29-27-17-20(2)13-15-26(27)28(24)25-11-7-6-10-23(25)21-8-4-3-5-9-21/h3-17H,18H2,1-2H3. The van der Waals surface area contributed by atoms with Crippen LogP contribution in [0.4, 0.5) is 17.1 Å². The van der Waals surface area contributed by atoms with Crippen molar-refractivity contribution in [3.8, 4) is 16.9 Å². The molecule has 0 fully saturated rings. The fraction of sp³-hybridized carbons (Fsp3) is 0.111. The molecule has 2 nitrogen and oxygen atoms in total. The molecular weight excluding hydrogens is 354 g/mol. The van der Waals surface area contributed by atoms with Crippen LogP contribution in [-0.4, -0.2) is 0 Å². The van der Waals surface area contributed by atoms with Crippen molar-refractivity contribution >= 4 is 17.1 Å². The first-order chi connectivity index (χ1) is 14.2. The molecule has 1 heterocycles. The van der Waals surface area contributed by atoms with Crippen LogP contribution < -0.4 is 9.64 Å². The van der Waals surface area contributed by atoms with Gasteiger partial charge in [0.15, 0.2) is 0 Å². The number of rotatable bonds is 2. The molecule has 29 heavy (non-hydrogen) atoms. The first-order valence-electron chi connectivity index (χ1n) is 9.98. The number of hydrogen-bond acceptors (Lipinski definition) is 2. The number of hydrogen-bond donors (Lipinski definition) is 0. The van der Waals surface area contributed by atoms with Crippen LogP contribution in [0.25, 0.3) is 11.1 Å². The molecule has 0 amide bonds. The zero-order valence-electron chi connectivity index (χ0n) is 16.7. The summed E-state index contributed by atoms with van der Waals surface area (Å²) in [4.78, 5) is 2.35. The van der Waals surface area contributed by atoms with Gasteiger partial charge in [-0.3, -0.25) is 0 Å². The number of nitrogens with zero attached hydrogens (tertiary/aromatic N) is 1. The van der Waals surface area contributed by atoms with Gasteiger partial charge >= 0.3 is 0 Å². The molecule has 0 spiro atoms. The van der Waals surface area contributed by atoms with E-state index in [-0.39, 0.29) is 0 Å². The third kappa shape index (κ3) is 3.17. The van der Waals surface area contributed by atoms with Crippen molar-refractivity contribution in [3.05, 3.63) is 108 Å². The van der Waals surface area contributed by atoms with Gasteiger partial charge in [0.05, 0.1) is 17.1 Å². The number of para-hydroxylation sites is 1. The van der Waals surface area contributed by atoms with E-state index in [2.05, 4.69) is 110 Å². The van der Waals surface area contributed by atoms with Gasteiger partial charge in [0.1, 0.15) is 12.4 Å². The van der Waals surface area contributed by atoms with Crippen molar-refractivity contribution < 1.29 is 4.74 Å². The average Bonchev–Trinajstić information content (AvgIpc) is 2.90. The molecule has 4 aromatic rings. The van der Waals surface area contributed by atoms with Crippen LogP contribution in [0.5, 0.6) is 5.75 Å². The molecule has 4 aromatic carbocycles. The second kappa shape index (κ2) is 7.14. The van der Waals surface area contributed by atoms with Gasteiger partial charge in [-0.15, -0.1) is 0 Å². The number of fused-ring (bicyclic) bond motifs is 2. The van der Waals surface area contributed by atoms with Crippen molar-refractivity contribution in [3.63, 3.8) is 0 Å². The monoisotopic (exact) mass is 377 g/mol. The number of ether oxygens (including phenoxy) is 1. The van der Waals surface area contributed by atoms with E-state index in [1.165, 1.54) is 33.5 Å².